The molecule has 0 heterocycles. The van der Waals surface area contributed by atoms with Crippen molar-refractivity contribution < 1.29 is 78.7 Å². The van der Waals surface area contributed by atoms with Crippen LogP contribution in [0.4, 0.5) is 39.5 Å². The van der Waals surface area contributed by atoms with Crippen LogP contribution in [0.1, 0.15) is 123 Å². The van der Waals surface area contributed by atoms with Gasteiger partial charge in [0.05, 0.1) is 0 Å². The molecule has 0 saturated carbocycles. The average Bonchev–Trinajstić information content (AvgIpc) is 1.55. The molecular formula is C81H73Cl4F9N2O8. The van der Waals surface area contributed by atoms with E-state index in [2.05, 4.69) is 0 Å². The van der Waals surface area contributed by atoms with Crippen LogP contribution in [0, 0.1) is 27.7 Å². The average molecular weight is 1520 g/mol. The number of nitrogens with two attached hydrogens (primary N) is 2. The molecule has 0 radical (unpaired) electrons. The van der Waals surface area contributed by atoms with Gasteiger partial charge >= 0.3 is 30.5 Å². The van der Waals surface area contributed by atoms with Gasteiger partial charge in [0.25, 0.3) is 0 Å². The fourth-order valence-electron chi connectivity index (χ4n) is 12.8. The molecule has 2 unspecified atom stereocenters. The molecule has 0 aliphatic heterocycles. The molecule has 10 nitrogen and oxygen atoms in total. The van der Waals surface area contributed by atoms with E-state index in [0.717, 1.165) is 27.8 Å². The van der Waals surface area contributed by atoms with Crippen molar-refractivity contribution in [1.82, 2.24) is 0 Å². The Morgan fingerprint density at radius 2 is 0.683 bits per heavy atom. The highest BCUT2D eigenvalue weighted by atomic mass is 35.5. The van der Waals surface area contributed by atoms with Crippen molar-refractivity contribution in [3.63, 3.8) is 0 Å². The number of aliphatic hydroxyl groups is 1. The molecule has 0 amide bonds. The minimum atomic E-state index is -4.86. The van der Waals surface area contributed by atoms with Crippen molar-refractivity contribution in [1.29, 1.82) is 0 Å². The fraction of sp³-hybridized carbons (Fsp3) is 0.222. The van der Waals surface area contributed by atoms with Crippen LogP contribution in [0.3, 0.4) is 0 Å². The van der Waals surface area contributed by atoms with Gasteiger partial charge in [0.1, 0.15) is 13.2 Å². The predicted molar refractivity (Wildman–Crippen MR) is 391 cm³/mol. The van der Waals surface area contributed by atoms with Crippen LogP contribution in [-0.2, 0) is 35.9 Å². The number of aliphatic carboxylic acids is 2. The van der Waals surface area contributed by atoms with E-state index in [9.17, 15) is 59.0 Å². The van der Waals surface area contributed by atoms with Crippen molar-refractivity contribution >= 4 is 64.1 Å². The summed E-state index contributed by atoms with van der Waals surface area (Å²) in [7, 11) is 0. The minimum absolute atomic E-state index is 0. The van der Waals surface area contributed by atoms with Gasteiger partial charge in [-0.25, -0.2) is 9.59 Å². The number of ketones is 1. The lowest BCUT2D eigenvalue weighted by molar-refractivity contribution is -0.265. The monoisotopic (exact) mass is 1510 g/mol. The Labute approximate surface area is 616 Å². The maximum atomic E-state index is 14.1. The molecule has 23 heteroatoms. The molecule has 0 fully saturated rings. The van der Waals surface area contributed by atoms with Crippen LogP contribution in [0.5, 0.6) is 0 Å². The summed E-state index contributed by atoms with van der Waals surface area (Å²) in [5.74, 6) is -2.89. The largest absolute Gasteiger partial charge is 0.480 e. The van der Waals surface area contributed by atoms with E-state index in [-0.39, 0.29) is 97.9 Å². The second-order valence-corrected chi connectivity index (χ2v) is 26.1. The van der Waals surface area contributed by atoms with Gasteiger partial charge in [0.2, 0.25) is 16.8 Å². The number of carboxylic acid groups (broad SMARTS) is 2. The Morgan fingerprint density at radius 3 is 1.02 bits per heavy atom. The first-order valence-corrected chi connectivity index (χ1v) is 32.8. The topological polar surface area (TPSA) is 182 Å². The second-order valence-electron chi connectivity index (χ2n) is 24.5. The Kier molecular flexibility index (Phi) is 25.9. The van der Waals surface area contributed by atoms with Gasteiger partial charge in [0.15, 0.2) is 5.78 Å². The molecular weight excluding hydrogens is 1440 g/mol. The van der Waals surface area contributed by atoms with Crippen LogP contribution in [0.25, 0.3) is 44.5 Å². The molecule has 0 saturated heterocycles. The van der Waals surface area contributed by atoms with Gasteiger partial charge in [-0.2, -0.15) is 39.5 Å². The first-order chi connectivity index (χ1) is 47.9. The van der Waals surface area contributed by atoms with Gasteiger partial charge in [0, 0.05) is 98.9 Å². The van der Waals surface area contributed by atoms with Crippen LogP contribution < -0.4 is 11.5 Å². The van der Waals surface area contributed by atoms with Gasteiger partial charge in [-0.05, 0) is 128 Å². The highest BCUT2D eigenvalue weighted by Gasteiger charge is 2.65. The van der Waals surface area contributed by atoms with Crippen LogP contribution in [0.15, 0.2) is 206 Å². The van der Waals surface area contributed by atoms with Crippen molar-refractivity contribution in [2.45, 2.75) is 104 Å². The molecule has 10 aromatic carbocycles. The van der Waals surface area contributed by atoms with E-state index in [1.165, 1.54) is 77.9 Å². The molecule has 0 bridgehead atoms. The number of ether oxygens (including phenoxy) is 2. The zero-order valence-corrected chi connectivity index (χ0v) is 58.2. The number of hydrogen-bond donors (Lipinski definition) is 5. The highest BCUT2D eigenvalue weighted by Crippen LogP contribution is 2.61. The van der Waals surface area contributed by atoms with Crippen LogP contribution in [0.2, 0.25) is 20.1 Å². The standard InChI is InChI=1S/2C17H12ClF3O3.C15H10ClF3O.C14H9ClO.2C8H11N.2CH4/c2*1-9-6-12-15(13(18)7-9)10-4-2-3-5-11(10)16(12,17(19,20)21)24-8-14(22)23;1-8-6-11-13(12(16)7-8)9-4-2-3-5-10(9)14(11,20)15(17,18)19;1-8-6-11-13(12(15)7-8)9-4-2-3-5-10(9)14(11)16;2*1-7(9)8-5-3-2-4-6-8;;/h2*2-7H,8H2,1H3,(H,22,23);2-7,20H,1H3;2-7H,1H3;2*2-7H,9H2,1H3;2*1H4/t16-;;;;2*7-;;/m1...11../s1. The number of benzene rings is 10. The van der Waals surface area contributed by atoms with Crippen molar-refractivity contribution in [2.24, 2.45) is 11.5 Å². The molecule has 546 valence electrons. The third-order valence-corrected chi connectivity index (χ3v) is 18.4. The molecule has 7 N–H and O–H groups in total. The van der Waals surface area contributed by atoms with E-state index in [4.69, 9.17) is 77.6 Å². The second kappa shape index (κ2) is 32.7. The Bertz CT molecular complexity index is 4620. The summed E-state index contributed by atoms with van der Waals surface area (Å²) in [5, 5.41) is 29.3. The maximum absolute atomic E-state index is 14.1. The van der Waals surface area contributed by atoms with E-state index in [0.29, 0.717) is 38.4 Å². The Morgan fingerprint density at radius 1 is 0.394 bits per heavy atom. The van der Waals surface area contributed by atoms with E-state index in [1.54, 1.807) is 63.2 Å². The van der Waals surface area contributed by atoms with Gasteiger partial charge in [-0.3, -0.25) is 4.79 Å². The lowest BCUT2D eigenvalue weighted by atomic mass is 9.89. The number of halogens is 13. The van der Waals surface area contributed by atoms with Crippen molar-refractivity contribution in [3.8, 4) is 44.5 Å². The lowest BCUT2D eigenvalue weighted by Gasteiger charge is -2.33. The van der Waals surface area contributed by atoms with E-state index < -0.39 is 60.5 Å². The summed E-state index contributed by atoms with van der Waals surface area (Å²) in [4.78, 5) is 33.9. The Balaban J connectivity index is 0.000000180. The van der Waals surface area contributed by atoms with Gasteiger partial charge < -0.3 is 36.3 Å². The fourth-order valence-corrected chi connectivity index (χ4v) is 14.3. The maximum Gasteiger partial charge on any atom is 0.426 e. The lowest BCUT2D eigenvalue weighted by Crippen LogP contribution is -2.45. The summed E-state index contributed by atoms with van der Waals surface area (Å²) < 4.78 is 135. The highest BCUT2D eigenvalue weighted by molar-refractivity contribution is 6.37. The van der Waals surface area contributed by atoms with E-state index >= 15 is 0 Å². The van der Waals surface area contributed by atoms with Gasteiger partial charge in [-0.15, -0.1) is 0 Å². The predicted octanol–water partition coefficient (Wildman–Crippen LogP) is 22.0. The molecule has 14 rings (SSSR count). The SMILES string of the molecule is C.C.C[C@@H](N)c1ccccc1.C[C@@H](N)c1ccccc1.Cc1cc(Cl)c2c(c1)C(=O)c1ccccc1-2.Cc1cc(Cl)c2c(c1)C(O)(C(F)(F)F)c1ccccc1-2.Cc1cc(Cl)c2c(c1)C(OCC(=O)O)(C(F)(F)F)c1ccccc1-2.Cc1cc(Cl)c2c(c1)[C@@](OCC(=O)O)(C(F)(F)F)c1ccccc1-2. The quantitative estimate of drug-likeness (QED) is 0.0918. The Hall–Kier alpha value is -8.86. The van der Waals surface area contributed by atoms with Crippen molar-refractivity contribution in [3.05, 3.63) is 304 Å². The summed E-state index contributed by atoms with van der Waals surface area (Å²) >= 11 is 24.7. The first-order valence-electron chi connectivity index (χ1n) is 31.3. The zero-order valence-electron chi connectivity index (χ0n) is 55.1. The molecule has 5 atom stereocenters. The smallest absolute Gasteiger partial charge is 0.426 e. The number of alkyl halides is 9. The summed E-state index contributed by atoms with van der Waals surface area (Å²) in [5.41, 5.74) is 11.4. The summed E-state index contributed by atoms with van der Waals surface area (Å²) in [6.07, 6.45) is -14.5. The van der Waals surface area contributed by atoms with Crippen LogP contribution >= 0.6 is 46.4 Å². The molecule has 104 heavy (non-hydrogen) atoms. The molecule has 10 aromatic rings. The number of carboxylic acids is 2. The molecule has 4 aliphatic rings. The number of carbonyl (C=O) groups excluding carboxylic acids is 1. The molecule has 4 aliphatic carbocycles. The van der Waals surface area contributed by atoms with Gasteiger partial charge in [-0.1, -0.05) is 237 Å². The van der Waals surface area contributed by atoms with E-state index in [1.807, 2.05) is 118 Å². The zero-order chi connectivity index (χ0) is 74.8. The van der Waals surface area contributed by atoms with Crippen molar-refractivity contribution in [2.75, 3.05) is 13.2 Å². The normalized spacial score (nSPS) is 17.0. The third kappa shape index (κ3) is 16.0. The first kappa shape index (κ1) is 82.4. The number of carbonyl (C=O) groups is 3. The number of hydrogen-bond acceptors (Lipinski definition) is 8. The molecule has 0 spiro atoms. The molecule has 0 aromatic heterocycles. The number of rotatable bonds is 8. The number of fused-ring (bicyclic) bond motifs is 12. The number of aryl methyl sites for hydroxylation is 4. The summed E-state index contributed by atoms with van der Waals surface area (Å²) in [6.45, 7) is 8.62. The third-order valence-electron chi connectivity index (χ3n) is 17.2. The van der Waals surface area contributed by atoms with Crippen LogP contribution in [-0.4, -0.2) is 64.8 Å². The summed E-state index contributed by atoms with van der Waals surface area (Å²) in [6, 6.07) is 58.3. The minimum Gasteiger partial charge on any atom is -0.480 e.